The lowest BCUT2D eigenvalue weighted by Crippen LogP contribution is -2.30. The Balaban J connectivity index is 2.37. The van der Waals surface area contributed by atoms with Crippen LogP contribution >= 0.6 is 0 Å². The van der Waals surface area contributed by atoms with Gasteiger partial charge in [0.05, 0.1) is 12.2 Å². The molecular formula is C15H17N3O3. The van der Waals surface area contributed by atoms with E-state index in [2.05, 4.69) is 11.6 Å². The molecule has 0 saturated carbocycles. The zero-order chi connectivity index (χ0) is 15.4. The van der Waals surface area contributed by atoms with Crippen LogP contribution in [0.1, 0.15) is 11.3 Å². The molecule has 0 aliphatic rings. The zero-order valence-electron chi connectivity index (χ0n) is 11.8. The van der Waals surface area contributed by atoms with E-state index < -0.39 is 5.97 Å². The van der Waals surface area contributed by atoms with Gasteiger partial charge in [-0.2, -0.15) is 0 Å². The second kappa shape index (κ2) is 6.32. The van der Waals surface area contributed by atoms with Gasteiger partial charge in [-0.3, -0.25) is 18.9 Å². The highest BCUT2D eigenvalue weighted by Crippen LogP contribution is 2.07. The van der Waals surface area contributed by atoms with Crippen LogP contribution < -0.4 is 5.56 Å². The van der Waals surface area contributed by atoms with E-state index in [9.17, 15) is 9.59 Å². The van der Waals surface area contributed by atoms with Crippen LogP contribution in [-0.4, -0.2) is 38.4 Å². The summed E-state index contributed by atoms with van der Waals surface area (Å²) in [5.74, 6) is -0.925. The Morgan fingerprint density at radius 1 is 1.57 bits per heavy atom. The van der Waals surface area contributed by atoms with Crippen molar-refractivity contribution in [1.29, 1.82) is 0 Å². The summed E-state index contributed by atoms with van der Waals surface area (Å²) in [5, 5.41) is 8.90. The minimum absolute atomic E-state index is 0.124. The molecule has 0 saturated heterocycles. The lowest BCUT2D eigenvalue weighted by Gasteiger charge is -2.18. The molecule has 0 aliphatic heterocycles. The van der Waals surface area contributed by atoms with E-state index in [1.807, 2.05) is 13.0 Å². The van der Waals surface area contributed by atoms with Crippen molar-refractivity contribution in [2.45, 2.75) is 13.5 Å². The van der Waals surface area contributed by atoms with Crippen molar-refractivity contribution < 1.29 is 9.90 Å². The van der Waals surface area contributed by atoms with Gasteiger partial charge in [0.2, 0.25) is 0 Å². The van der Waals surface area contributed by atoms with Gasteiger partial charge in [-0.25, -0.2) is 4.98 Å². The van der Waals surface area contributed by atoms with Crippen molar-refractivity contribution in [3.63, 3.8) is 0 Å². The van der Waals surface area contributed by atoms with Gasteiger partial charge in [-0.15, -0.1) is 6.58 Å². The summed E-state index contributed by atoms with van der Waals surface area (Å²) in [6, 6.07) is 5.11. The second-order valence-corrected chi connectivity index (χ2v) is 4.82. The van der Waals surface area contributed by atoms with E-state index in [0.717, 1.165) is 5.56 Å². The van der Waals surface area contributed by atoms with Crippen molar-refractivity contribution in [3.8, 4) is 0 Å². The summed E-state index contributed by atoms with van der Waals surface area (Å²) in [6.07, 6.45) is 3.29. The highest BCUT2D eigenvalue weighted by Gasteiger charge is 2.11. The van der Waals surface area contributed by atoms with Crippen molar-refractivity contribution in [2.75, 3.05) is 13.1 Å². The number of aromatic nitrogens is 2. The summed E-state index contributed by atoms with van der Waals surface area (Å²) >= 11 is 0. The third kappa shape index (κ3) is 3.55. The van der Waals surface area contributed by atoms with Gasteiger partial charge in [0.1, 0.15) is 5.65 Å². The minimum atomic E-state index is -0.925. The molecule has 21 heavy (non-hydrogen) atoms. The molecule has 0 aromatic carbocycles. The van der Waals surface area contributed by atoms with Gasteiger partial charge in [0.25, 0.3) is 5.56 Å². The van der Waals surface area contributed by atoms with E-state index in [0.29, 0.717) is 24.4 Å². The van der Waals surface area contributed by atoms with Crippen molar-refractivity contribution >= 4 is 11.6 Å². The Hall–Kier alpha value is -2.47. The first kappa shape index (κ1) is 14.9. The maximum absolute atomic E-state index is 12.1. The first-order chi connectivity index (χ1) is 10.0. The predicted molar refractivity (Wildman–Crippen MR) is 79.3 cm³/mol. The molecule has 2 heterocycles. The molecule has 0 bridgehead atoms. The van der Waals surface area contributed by atoms with Crippen LogP contribution in [0, 0.1) is 6.92 Å². The maximum atomic E-state index is 12.1. The van der Waals surface area contributed by atoms with Gasteiger partial charge >= 0.3 is 5.97 Å². The van der Waals surface area contributed by atoms with Crippen LogP contribution in [0.15, 0.2) is 41.8 Å². The molecule has 0 radical (unpaired) electrons. The van der Waals surface area contributed by atoms with Crippen LogP contribution in [0.3, 0.4) is 0 Å². The van der Waals surface area contributed by atoms with E-state index in [4.69, 9.17) is 5.11 Å². The standard InChI is InChI=1S/C15H17N3O3/c1-3-6-17(10-14(20)21)9-12-8-13(19)18-7-4-5-11(2)15(18)16-12/h3-5,7-8H,1,6,9-10H2,2H3,(H,20,21). The van der Waals surface area contributed by atoms with Gasteiger partial charge in [0.15, 0.2) is 0 Å². The highest BCUT2D eigenvalue weighted by molar-refractivity contribution is 5.69. The maximum Gasteiger partial charge on any atom is 0.317 e. The smallest absolute Gasteiger partial charge is 0.317 e. The number of fused-ring (bicyclic) bond motifs is 1. The van der Waals surface area contributed by atoms with Gasteiger partial charge in [-0.1, -0.05) is 12.1 Å². The fourth-order valence-electron chi connectivity index (χ4n) is 2.18. The number of pyridine rings is 1. The quantitative estimate of drug-likeness (QED) is 0.805. The molecule has 0 aliphatic carbocycles. The predicted octanol–water partition coefficient (Wildman–Crippen LogP) is 1.08. The van der Waals surface area contributed by atoms with Crippen LogP contribution in [0.25, 0.3) is 5.65 Å². The minimum Gasteiger partial charge on any atom is -0.480 e. The van der Waals surface area contributed by atoms with Crippen LogP contribution in [0.4, 0.5) is 0 Å². The zero-order valence-corrected chi connectivity index (χ0v) is 11.8. The number of carboxylic acid groups (broad SMARTS) is 1. The van der Waals surface area contributed by atoms with Gasteiger partial charge in [-0.05, 0) is 18.6 Å². The number of aryl methyl sites for hydroxylation is 1. The van der Waals surface area contributed by atoms with Gasteiger partial charge < -0.3 is 5.11 Å². The van der Waals surface area contributed by atoms with Crippen LogP contribution in [0.2, 0.25) is 0 Å². The molecule has 0 amide bonds. The molecule has 2 rings (SSSR count). The average molecular weight is 287 g/mol. The molecule has 2 aromatic rings. The Morgan fingerprint density at radius 3 is 3.00 bits per heavy atom. The van der Waals surface area contributed by atoms with Crippen molar-refractivity contribution in [3.05, 3.63) is 58.7 Å². The first-order valence-electron chi connectivity index (χ1n) is 6.54. The average Bonchev–Trinajstić information content (AvgIpc) is 2.39. The fraction of sp³-hybridized carbons (Fsp3) is 0.267. The number of rotatable bonds is 6. The lowest BCUT2D eigenvalue weighted by atomic mass is 10.2. The largest absolute Gasteiger partial charge is 0.480 e. The molecule has 1 N–H and O–H groups in total. The first-order valence-corrected chi connectivity index (χ1v) is 6.54. The lowest BCUT2D eigenvalue weighted by molar-refractivity contribution is -0.138. The van der Waals surface area contributed by atoms with E-state index in [-0.39, 0.29) is 12.1 Å². The molecule has 2 aromatic heterocycles. The van der Waals surface area contributed by atoms with Crippen LogP contribution in [0.5, 0.6) is 0 Å². The summed E-state index contributed by atoms with van der Waals surface area (Å²) in [5.41, 5.74) is 1.86. The number of hydrogen-bond acceptors (Lipinski definition) is 4. The molecule has 0 fully saturated rings. The molecule has 6 heteroatoms. The van der Waals surface area contributed by atoms with E-state index in [1.54, 1.807) is 23.2 Å². The monoisotopic (exact) mass is 287 g/mol. The van der Waals surface area contributed by atoms with E-state index >= 15 is 0 Å². The molecule has 6 nitrogen and oxygen atoms in total. The SMILES string of the molecule is C=CCN(CC(=O)O)Cc1cc(=O)n2cccc(C)c2n1. The Morgan fingerprint density at radius 2 is 2.33 bits per heavy atom. The summed E-state index contributed by atoms with van der Waals surface area (Å²) in [4.78, 5) is 29.0. The molecule has 0 unspecified atom stereocenters. The summed E-state index contributed by atoms with van der Waals surface area (Å²) < 4.78 is 1.48. The van der Waals surface area contributed by atoms with Crippen LogP contribution in [-0.2, 0) is 11.3 Å². The van der Waals surface area contributed by atoms with Crippen molar-refractivity contribution in [1.82, 2.24) is 14.3 Å². The Bertz CT molecular complexity index is 737. The molecular weight excluding hydrogens is 270 g/mol. The van der Waals surface area contributed by atoms with Crippen molar-refractivity contribution in [2.24, 2.45) is 0 Å². The number of nitrogens with zero attached hydrogens (tertiary/aromatic N) is 3. The summed E-state index contributed by atoms with van der Waals surface area (Å²) in [7, 11) is 0. The van der Waals surface area contributed by atoms with Gasteiger partial charge in [0, 0.05) is 25.4 Å². The third-order valence-electron chi connectivity index (χ3n) is 3.07. The number of hydrogen-bond donors (Lipinski definition) is 1. The van der Waals surface area contributed by atoms with E-state index in [1.165, 1.54) is 10.5 Å². The second-order valence-electron chi connectivity index (χ2n) is 4.82. The Kier molecular flexibility index (Phi) is 4.49. The normalized spacial score (nSPS) is 11.0. The fourth-order valence-corrected chi connectivity index (χ4v) is 2.18. The number of carbonyl (C=O) groups is 1. The molecule has 0 spiro atoms. The Labute approximate surface area is 122 Å². The number of carboxylic acids is 1. The molecule has 110 valence electrons. The topological polar surface area (TPSA) is 74.9 Å². The molecule has 0 atom stereocenters. The summed E-state index contributed by atoms with van der Waals surface area (Å²) in [6.45, 7) is 6.07. The highest BCUT2D eigenvalue weighted by atomic mass is 16.4. The number of aliphatic carboxylic acids is 1. The third-order valence-corrected chi connectivity index (χ3v) is 3.07.